The van der Waals surface area contributed by atoms with Crippen LogP contribution in [-0.2, 0) is 6.54 Å². The second kappa shape index (κ2) is 6.55. The van der Waals surface area contributed by atoms with Gasteiger partial charge in [0, 0.05) is 18.3 Å². The molecule has 26 heavy (non-hydrogen) atoms. The van der Waals surface area contributed by atoms with E-state index in [1.165, 1.54) is 19.3 Å². The van der Waals surface area contributed by atoms with E-state index in [1.807, 2.05) is 18.4 Å². The number of nitrogens with zero attached hydrogens (tertiary/aromatic N) is 3. The molecule has 0 amide bonds. The van der Waals surface area contributed by atoms with E-state index in [4.69, 9.17) is 0 Å². The molecular weight excluding hydrogens is 330 g/mol. The van der Waals surface area contributed by atoms with Crippen molar-refractivity contribution in [3.05, 3.63) is 38.4 Å². The Labute approximate surface area is 150 Å². The third-order valence-corrected chi connectivity index (χ3v) is 5.16. The Morgan fingerprint density at radius 1 is 1.15 bits per heavy atom. The molecule has 3 aromatic heterocycles. The molecule has 1 fully saturated rings. The monoisotopic (exact) mass is 353 g/mol. The zero-order chi connectivity index (χ0) is 18.3. The van der Waals surface area contributed by atoms with Crippen LogP contribution in [0.4, 0.5) is 5.95 Å². The number of H-pyrrole nitrogens is 1. The summed E-state index contributed by atoms with van der Waals surface area (Å²) in [5.74, 6) is 0.433. The standard InChI is InChI=1S/C19H23N5O2/c1-3-24-16-13(10-9-11(2)20-16)15(25)14-17(24)22-19(23-18(14)26)21-12-7-5-4-6-8-12/h9-10,12H,3-8H2,1-2H3,(H2,21,22,23,26). The predicted octanol–water partition coefficient (Wildman–Crippen LogP) is 2.71. The summed E-state index contributed by atoms with van der Waals surface area (Å²) in [7, 11) is 0. The van der Waals surface area contributed by atoms with Crippen molar-refractivity contribution in [1.29, 1.82) is 0 Å². The van der Waals surface area contributed by atoms with E-state index in [1.54, 1.807) is 12.1 Å². The van der Waals surface area contributed by atoms with Gasteiger partial charge in [0.25, 0.3) is 5.56 Å². The minimum absolute atomic E-state index is 0.0965. The molecule has 136 valence electrons. The van der Waals surface area contributed by atoms with E-state index < -0.39 is 5.56 Å². The minimum Gasteiger partial charge on any atom is -0.353 e. The van der Waals surface area contributed by atoms with Gasteiger partial charge in [0.05, 0.1) is 5.39 Å². The average Bonchev–Trinajstić information content (AvgIpc) is 2.62. The highest BCUT2D eigenvalue weighted by atomic mass is 16.1. The molecule has 0 aliphatic heterocycles. The van der Waals surface area contributed by atoms with Gasteiger partial charge in [-0.25, -0.2) is 4.98 Å². The summed E-state index contributed by atoms with van der Waals surface area (Å²) in [5.41, 5.74) is 1.08. The lowest BCUT2D eigenvalue weighted by Crippen LogP contribution is -2.28. The topological polar surface area (TPSA) is 92.7 Å². The Kier molecular flexibility index (Phi) is 4.22. The maximum absolute atomic E-state index is 12.9. The van der Waals surface area contributed by atoms with Crippen molar-refractivity contribution in [1.82, 2.24) is 19.5 Å². The molecule has 1 saturated carbocycles. The second-order valence-electron chi connectivity index (χ2n) is 6.99. The van der Waals surface area contributed by atoms with Gasteiger partial charge >= 0.3 is 0 Å². The number of aromatic amines is 1. The number of aryl methyl sites for hydroxylation is 2. The molecule has 1 aliphatic rings. The Bertz CT molecular complexity index is 1090. The zero-order valence-corrected chi connectivity index (χ0v) is 15.1. The summed E-state index contributed by atoms with van der Waals surface area (Å²) < 4.78 is 1.85. The van der Waals surface area contributed by atoms with Crippen molar-refractivity contribution < 1.29 is 0 Å². The van der Waals surface area contributed by atoms with Crippen molar-refractivity contribution in [2.24, 2.45) is 0 Å². The van der Waals surface area contributed by atoms with Crippen molar-refractivity contribution in [3.8, 4) is 0 Å². The summed E-state index contributed by atoms with van der Waals surface area (Å²) in [4.78, 5) is 37.4. The molecular formula is C19H23N5O2. The molecule has 0 spiro atoms. The number of pyridine rings is 2. The molecule has 1 aliphatic carbocycles. The molecule has 3 aromatic rings. The summed E-state index contributed by atoms with van der Waals surface area (Å²) in [5, 5.41) is 3.89. The van der Waals surface area contributed by atoms with Gasteiger partial charge in [-0.05, 0) is 38.8 Å². The Morgan fingerprint density at radius 2 is 1.92 bits per heavy atom. The summed E-state index contributed by atoms with van der Waals surface area (Å²) in [6, 6.07) is 3.84. The molecule has 2 N–H and O–H groups in total. The molecule has 0 saturated heterocycles. The fraction of sp³-hybridized carbons (Fsp3) is 0.474. The fourth-order valence-corrected chi connectivity index (χ4v) is 3.83. The predicted molar refractivity (Wildman–Crippen MR) is 103 cm³/mol. The molecule has 3 heterocycles. The first-order valence-electron chi connectivity index (χ1n) is 9.29. The van der Waals surface area contributed by atoms with Crippen molar-refractivity contribution >= 4 is 28.0 Å². The number of hydrogen-bond acceptors (Lipinski definition) is 5. The van der Waals surface area contributed by atoms with Crippen molar-refractivity contribution in [2.75, 3.05) is 5.32 Å². The highest BCUT2D eigenvalue weighted by Gasteiger charge is 2.18. The SMILES string of the molecule is CCn1c2nc(C)ccc2c(=O)c2c(=O)[nH]c(NC3CCCCC3)nc21. The van der Waals surface area contributed by atoms with Crippen molar-refractivity contribution in [3.63, 3.8) is 0 Å². The maximum atomic E-state index is 12.9. The summed E-state index contributed by atoms with van der Waals surface area (Å²) in [6.45, 7) is 4.42. The molecule has 4 rings (SSSR count). The number of nitrogens with one attached hydrogen (secondary N) is 2. The lowest BCUT2D eigenvalue weighted by molar-refractivity contribution is 0.461. The third-order valence-electron chi connectivity index (χ3n) is 5.16. The lowest BCUT2D eigenvalue weighted by atomic mass is 9.96. The summed E-state index contributed by atoms with van der Waals surface area (Å²) >= 11 is 0. The van der Waals surface area contributed by atoms with E-state index >= 15 is 0 Å². The molecule has 0 radical (unpaired) electrons. The maximum Gasteiger partial charge on any atom is 0.265 e. The molecule has 7 nitrogen and oxygen atoms in total. The average molecular weight is 353 g/mol. The van der Waals surface area contributed by atoms with E-state index in [2.05, 4.69) is 20.3 Å². The Balaban J connectivity index is 1.95. The Morgan fingerprint density at radius 3 is 2.65 bits per heavy atom. The molecule has 0 bridgehead atoms. The van der Waals surface area contributed by atoms with Crippen LogP contribution in [0.5, 0.6) is 0 Å². The van der Waals surface area contributed by atoms with Crippen LogP contribution in [0.25, 0.3) is 22.1 Å². The second-order valence-corrected chi connectivity index (χ2v) is 6.99. The van der Waals surface area contributed by atoms with Gasteiger partial charge in [0.2, 0.25) is 11.4 Å². The first kappa shape index (κ1) is 16.8. The molecule has 0 aromatic carbocycles. The van der Waals surface area contributed by atoms with Crippen LogP contribution in [0, 0.1) is 6.92 Å². The lowest BCUT2D eigenvalue weighted by Gasteiger charge is -2.23. The van der Waals surface area contributed by atoms with Gasteiger partial charge in [0.15, 0.2) is 5.65 Å². The largest absolute Gasteiger partial charge is 0.353 e. The smallest absolute Gasteiger partial charge is 0.265 e. The first-order valence-corrected chi connectivity index (χ1v) is 9.29. The molecule has 0 unspecified atom stereocenters. The zero-order valence-electron chi connectivity index (χ0n) is 15.1. The Hall–Kier alpha value is -2.70. The van der Waals surface area contributed by atoms with Crippen LogP contribution < -0.4 is 16.3 Å². The van der Waals surface area contributed by atoms with Crippen LogP contribution in [0.2, 0.25) is 0 Å². The van der Waals surface area contributed by atoms with E-state index in [9.17, 15) is 9.59 Å². The highest BCUT2D eigenvalue weighted by molar-refractivity contribution is 5.89. The van der Waals surface area contributed by atoms with Gasteiger partial charge < -0.3 is 9.88 Å². The minimum atomic E-state index is -0.400. The number of anilines is 1. The van der Waals surface area contributed by atoms with Crippen LogP contribution in [-0.4, -0.2) is 25.6 Å². The third kappa shape index (κ3) is 2.77. The van der Waals surface area contributed by atoms with E-state index in [0.717, 1.165) is 18.5 Å². The van der Waals surface area contributed by atoms with Gasteiger partial charge in [-0.1, -0.05) is 19.3 Å². The van der Waals surface area contributed by atoms with Gasteiger partial charge in [-0.3, -0.25) is 14.6 Å². The fourth-order valence-electron chi connectivity index (χ4n) is 3.83. The number of rotatable bonds is 3. The van der Waals surface area contributed by atoms with E-state index in [0.29, 0.717) is 35.2 Å². The van der Waals surface area contributed by atoms with Gasteiger partial charge in [-0.2, -0.15) is 4.98 Å². The highest BCUT2D eigenvalue weighted by Crippen LogP contribution is 2.21. The van der Waals surface area contributed by atoms with Crippen molar-refractivity contribution in [2.45, 2.75) is 58.5 Å². The number of aromatic nitrogens is 4. The van der Waals surface area contributed by atoms with Crippen LogP contribution >= 0.6 is 0 Å². The molecule has 7 heteroatoms. The van der Waals surface area contributed by atoms with Gasteiger partial charge in [-0.15, -0.1) is 0 Å². The summed E-state index contributed by atoms with van der Waals surface area (Å²) in [6.07, 6.45) is 5.76. The normalized spacial score (nSPS) is 15.6. The van der Waals surface area contributed by atoms with Crippen LogP contribution in [0.15, 0.2) is 21.7 Å². The first-order chi connectivity index (χ1) is 12.6. The van der Waals surface area contributed by atoms with Gasteiger partial charge in [0.1, 0.15) is 11.0 Å². The number of fused-ring (bicyclic) bond motifs is 2. The van der Waals surface area contributed by atoms with E-state index in [-0.39, 0.29) is 10.8 Å². The number of hydrogen-bond donors (Lipinski definition) is 2. The molecule has 0 atom stereocenters. The van der Waals surface area contributed by atoms with Crippen LogP contribution in [0.1, 0.15) is 44.7 Å². The van der Waals surface area contributed by atoms with Crippen LogP contribution in [0.3, 0.4) is 0 Å². The quantitative estimate of drug-likeness (QED) is 0.706.